The number of anilines is 2. The van der Waals surface area contributed by atoms with Crippen molar-refractivity contribution in [3.05, 3.63) is 94.8 Å². The molecule has 1 N–H and O–H groups in total. The lowest BCUT2D eigenvalue weighted by Crippen LogP contribution is -2.40. The van der Waals surface area contributed by atoms with Crippen molar-refractivity contribution in [1.29, 1.82) is 0 Å². The number of hydrazone groups is 1. The fraction of sp³-hybridized carbons (Fsp3) is 0.0741. The van der Waals surface area contributed by atoms with Crippen molar-refractivity contribution in [1.82, 2.24) is 5.01 Å². The summed E-state index contributed by atoms with van der Waals surface area (Å²) in [4.78, 5) is 27.4. The normalized spacial score (nSPS) is 10.3. The first-order valence-electron chi connectivity index (χ1n) is 10.1. The number of hydrogen-bond donors (Lipinski definition) is 1. The maximum Gasteiger partial charge on any atom is 0.333 e. The minimum absolute atomic E-state index is 0.0950. The van der Waals surface area contributed by atoms with Crippen LogP contribution in [-0.4, -0.2) is 37.3 Å². The highest BCUT2D eigenvalue weighted by Crippen LogP contribution is 2.22. The number of urea groups is 1. The van der Waals surface area contributed by atoms with Gasteiger partial charge in [0, 0.05) is 30.8 Å². The molecule has 7 heteroatoms. The smallest absolute Gasteiger partial charge is 0.304 e. The zero-order valence-electron chi connectivity index (χ0n) is 18.6. The minimum atomic E-state index is -0.849. The molecule has 0 unspecified atom stereocenters. The van der Waals surface area contributed by atoms with Crippen LogP contribution < -0.4 is 10.2 Å². The molecule has 0 aliphatic carbocycles. The van der Waals surface area contributed by atoms with Gasteiger partial charge in [0.25, 0.3) is 5.91 Å². The largest absolute Gasteiger partial charge is 0.333 e. The fourth-order valence-corrected chi connectivity index (χ4v) is 2.97. The van der Waals surface area contributed by atoms with Gasteiger partial charge < -0.3 is 10.3 Å². The van der Waals surface area contributed by atoms with Crippen molar-refractivity contribution in [2.45, 2.75) is 0 Å². The Morgan fingerprint density at radius 2 is 1.68 bits per heavy atom. The standard InChI is InChI=1S/C27H21FN4O2/c1-5-19-10-13-23(14-11-19)32(26(33)22-9-7-8-20(6-2)16-22)27(34)30-25-15-12-21(17-24(25)28)18-29-31(3)4/h1-2,7-18H,3-4H3,(H,30,34). The van der Waals surface area contributed by atoms with Crippen molar-refractivity contribution in [2.75, 3.05) is 24.3 Å². The highest BCUT2D eigenvalue weighted by molar-refractivity contribution is 6.23. The lowest BCUT2D eigenvalue weighted by Gasteiger charge is -2.22. The Bertz CT molecular complexity index is 1330. The maximum atomic E-state index is 14.7. The molecule has 0 spiro atoms. The van der Waals surface area contributed by atoms with Crippen LogP contribution >= 0.6 is 0 Å². The number of nitrogens with zero attached hydrogens (tertiary/aromatic N) is 3. The molecular formula is C27H21FN4O2. The minimum Gasteiger partial charge on any atom is -0.304 e. The van der Waals surface area contributed by atoms with E-state index in [1.807, 2.05) is 0 Å². The first-order chi connectivity index (χ1) is 16.3. The molecule has 0 fully saturated rings. The van der Waals surface area contributed by atoms with Gasteiger partial charge in [-0.1, -0.05) is 24.0 Å². The summed E-state index contributed by atoms with van der Waals surface area (Å²) in [6, 6.07) is 16.0. The van der Waals surface area contributed by atoms with Crippen LogP contribution in [0.1, 0.15) is 27.0 Å². The Hall–Kier alpha value is -4.88. The Balaban J connectivity index is 1.96. The summed E-state index contributed by atoms with van der Waals surface area (Å²) < 4.78 is 14.7. The highest BCUT2D eigenvalue weighted by Gasteiger charge is 2.26. The summed E-state index contributed by atoms with van der Waals surface area (Å²) >= 11 is 0. The third-order valence-electron chi connectivity index (χ3n) is 4.65. The molecule has 0 saturated heterocycles. The molecule has 34 heavy (non-hydrogen) atoms. The molecule has 0 saturated carbocycles. The number of hydrogen-bond acceptors (Lipinski definition) is 4. The van der Waals surface area contributed by atoms with Gasteiger partial charge in [0.15, 0.2) is 0 Å². The molecule has 0 aromatic heterocycles. The molecule has 168 valence electrons. The SMILES string of the molecule is C#Cc1ccc(N(C(=O)Nc2ccc(C=NN(C)C)cc2F)C(=O)c2cccc(C#C)c2)cc1. The monoisotopic (exact) mass is 452 g/mol. The van der Waals surface area contributed by atoms with E-state index in [0.29, 0.717) is 16.7 Å². The Morgan fingerprint density at radius 3 is 2.29 bits per heavy atom. The van der Waals surface area contributed by atoms with Crippen LogP contribution in [0.4, 0.5) is 20.6 Å². The third kappa shape index (κ3) is 5.67. The number of benzene rings is 3. The molecule has 3 aromatic carbocycles. The molecule has 6 nitrogen and oxygen atoms in total. The first kappa shape index (κ1) is 23.8. The van der Waals surface area contributed by atoms with Crippen LogP contribution in [0, 0.1) is 30.5 Å². The third-order valence-corrected chi connectivity index (χ3v) is 4.65. The predicted molar refractivity (Wildman–Crippen MR) is 132 cm³/mol. The van der Waals surface area contributed by atoms with Gasteiger partial charge in [0.05, 0.1) is 17.6 Å². The lowest BCUT2D eigenvalue weighted by molar-refractivity contribution is 0.0995. The molecule has 0 bridgehead atoms. The zero-order chi connectivity index (χ0) is 24.7. The van der Waals surface area contributed by atoms with Crippen molar-refractivity contribution in [3.63, 3.8) is 0 Å². The van der Waals surface area contributed by atoms with E-state index in [1.165, 1.54) is 36.5 Å². The number of amides is 3. The van der Waals surface area contributed by atoms with Crippen LogP contribution in [0.25, 0.3) is 0 Å². The second kappa shape index (κ2) is 10.6. The van der Waals surface area contributed by atoms with E-state index in [0.717, 1.165) is 4.90 Å². The second-order valence-corrected chi connectivity index (χ2v) is 7.32. The summed E-state index contributed by atoms with van der Waals surface area (Å²) in [5.74, 6) is 3.62. The van der Waals surface area contributed by atoms with Crippen molar-refractivity contribution in [2.24, 2.45) is 5.10 Å². The number of carbonyl (C=O) groups excluding carboxylic acids is 2. The van der Waals surface area contributed by atoms with E-state index in [-0.39, 0.29) is 16.9 Å². The van der Waals surface area contributed by atoms with Gasteiger partial charge in [-0.25, -0.2) is 14.1 Å². The average Bonchev–Trinajstić information content (AvgIpc) is 2.84. The van der Waals surface area contributed by atoms with Gasteiger partial charge in [-0.05, 0) is 60.2 Å². The summed E-state index contributed by atoms with van der Waals surface area (Å²) in [5.41, 5.74) is 1.92. The van der Waals surface area contributed by atoms with Gasteiger partial charge in [0.1, 0.15) is 5.82 Å². The van der Waals surface area contributed by atoms with Gasteiger partial charge in [-0.3, -0.25) is 4.79 Å². The second-order valence-electron chi connectivity index (χ2n) is 7.32. The van der Waals surface area contributed by atoms with Crippen molar-refractivity contribution in [3.8, 4) is 24.7 Å². The molecule has 3 aromatic rings. The van der Waals surface area contributed by atoms with Gasteiger partial charge >= 0.3 is 6.03 Å². The van der Waals surface area contributed by atoms with E-state index in [4.69, 9.17) is 12.8 Å². The molecule has 0 atom stereocenters. The quantitative estimate of drug-likeness (QED) is 0.351. The summed E-state index contributed by atoms with van der Waals surface area (Å²) in [7, 11) is 3.48. The summed E-state index contributed by atoms with van der Waals surface area (Å²) in [6.07, 6.45) is 12.3. The van der Waals surface area contributed by atoms with Crippen LogP contribution in [0.3, 0.4) is 0 Å². The predicted octanol–water partition coefficient (Wildman–Crippen LogP) is 4.56. The first-order valence-corrected chi connectivity index (χ1v) is 10.1. The van der Waals surface area contributed by atoms with Crippen LogP contribution in [0.5, 0.6) is 0 Å². The molecule has 3 amide bonds. The van der Waals surface area contributed by atoms with Gasteiger partial charge in [0.2, 0.25) is 0 Å². The fourth-order valence-electron chi connectivity index (χ4n) is 2.97. The van der Waals surface area contributed by atoms with Gasteiger partial charge in [-0.15, -0.1) is 12.8 Å². The molecule has 0 aliphatic heterocycles. The van der Waals surface area contributed by atoms with Crippen molar-refractivity contribution < 1.29 is 14.0 Å². The summed E-state index contributed by atoms with van der Waals surface area (Å²) in [5, 5.41) is 8.08. The number of imide groups is 1. The molecule has 0 heterocycles. The van der Waals surface area contributed by atoms with E-state index >= 15 is 0 Å². The zero-order valence-corrected chi connectivity index (χ0v) is 18.6. The van der Waals surface area contributed by atoms with E-state index in [2.05, 4.69) is 22.3 Å². The molecular weight excluding hydrogens is 431 g/mol. The molecule has 0 radical (unpaired) electrons. The topological polar surface area (TPSA) is 65.0 Å². The number of halogens is 1. The number of nitrogens with one attached hydrogen (secondary N) is 1. The van der Waals surface area contributed by atoms with Crippen LogP contribution in [-0.2, 0) is 0 Å². The van der Waals surface area contributed by atoms with Gasteiger partial charge in [-0.2, -0.15) is 5.10 Å². The Morgan fingerprint density at radius 1 is 0.971 bits per heavy atom. The average molecular weight is 452 g/mol. The Kier molecular flexibility index (Phi) is 7.43. The van der Waals surface area contributed by atoms with Crippen LogP contribution in [0.2, 0.25) is 0 Å². The summed E-state index contributed by atoms with van der Waals surface area (Å²) in [6.45, 7) is 0. The van der Waals surface area contributed by atoms with Crippen molar-refractivity contribution >= 4 is 29.5 Å². The number of carbonyl (C=O) groups is 2. The number of rotatable bonds is 5. The molecule has 0 aliphatic rings. The number of terminal acetylenes is 2. The highest BCUT2D eigenvalue weighted by atomic mass is 19.1. The lowest BCUT2D eigenvalue weighted by atomic mass is 10.1. The van der Waals surface area contributed by atoms with Crippen LogP contribution in [0.15, 0.2) is 71.8 Å². The van der Waals surface area contributed by atoms with E-state index in [9.17, 15) is 14.0 Å². The Labute approximate surface area is 197 Å². The molecule has 3 rings (SSSR count). The van der Waals surface area contributed by atoms with E-state index in [1.54, 1.807) is 55.5 Å². The maximum absolute atomic E-state index is 14.7. The van der Waals surface area contributed by atoms with E-state index < -0.39 is 17.8 Å².